The van der Waals surface area contributed by atoms with Gasteiger partial charge in [-0.2, -0.15) is 0 Å². The van der Waals surface area contributed by atoms with Gasteiger partial charge in [0.1, 0.15) is 5.82 Å². The molecule has 1 aromatic carbocycles. The highest BCUT2D eigenvalue weighted by atomic mass is 35.5. The van der Waals surface area contributed by atoms with E-state index in [1.54, 1.807) is 23.4 Å². The van der Waals surface area contributed by atoms with Gasteiger partial charge in [-0.3, -0.25) is 9.78 Å². The monoisotopic (exact) mass is 411 g/mol. The lowest BCUT2D eigenvalue weighted by Gasteiger charge is -2.35. The molecule has 0 spiro atoms. The minimum atomic E-state index is -0.450. The van der Waals surface area contributed by atoms with Crippen molar-refractivity contribution in [2.24, 2.45) is 0 Å². The molecule has 148 valence electrons. The van der Waals surface area contributed by atoms with Gasteiger partial charge in [-0.15, -0.1) is 10.2 Å². The van der Waals surface area contributed by atoms with E-state index in [-0.39, 0.29) is 22.9 Å². The van der Waals surface area contributed by atoms with E-state index in [1.165, 1.54) is 12.1 Å². The molecule has 0 atom stereocenters. The summed E-state index contributed by atoms with van der Waals surface area (Å²) >= 11 is 6.04. The van der Waals surface area contributed by atoms with Crippen LogP contribution in [0.25, 0.3) is 11.3 Å². The molecule has 0 saturated carbocycles. The van der Waals surface area contributed by atoms with Crippen LogP contribution < -0.4 is 4.90 Å². The lowest BCUT2D eigenvalue weighted by Crippen LogP contribution is -2.49. The Morgan fingerprint density at radius 3 is 2.41 bits per heavy atom. The molecule has 3 heterocycles. The minimum Gasteiger partial charge on any atom is -0.352 e. The second-order valence-electron chi connectivity index (χ2n) is 6.76. The molecule has 1 saturated heterocycles. The van der Waals surface area contributed by atoms with Crippen molar-refractivity contribution in [2.45, 2.75) is 6.42 Å². The van der Waals surface area contributed by atoms with Gasteiger partial charge in [0.2, 0.25) is 5.91 Å². The molecule has 0 unspecified atom stereocenters. The van der Waals surface area contributed by atoms with Crippen molar-refractivity contribution in [2.75, 3.05) is 31.1 Å². The maximum atomic E-state index is 13.9. The quantitative estimate of drug-likeness (QED) is 0.659. The second-order valence-corrected chi connectivity index (χ2v) is 7.16. The van der Waals surface area contributed by atoms with Gasteiger partial charge in [-0.05, 0) is 36.4 Å². The van der Waals surface area contributed by atoms with Gasteiger partial charge in [-0.25, -0.2) is 4.39 Å². The van der Waals surface area contributed by atoms with Crippen LogP contribution in [0.15, 0.2) is 54.9 Å². The molecule has 0 bridgehead atoms. The zero-order valence-corrected chi connectivity index (χ0v) is 16.4. The highest BCUT2D eigenvalue weighted by molar-refractivity contribution is 6.31. The van der Waals surface area contributed by atoms with Crippen molar-refractivity contribution in [3.8, 4) is 11.3 Å². The predicted molar refractivity (Wildman–Crippen MR) is 109 cm³/mol. The van der Waals surface area contributed by atoms with Gasteiger partial charge in [-0.1, -0.05) is 17.7 Å². The van der Waals surface area contributed by atoms with Crippen molar-refractivity contribution in [1.29, 1.82) is 0 Å². The average Bonchev–Trinajstić information content (AvgIpc) is 2.77. The highest BCUT2D eigenvalue weighted by Gasteiger charge is 2.23. The summed E-state index contributed by atoms with van der Waals surface area (Å²) in [7, 11) is 0. The summed E-state index contributed by atoms with van der Waals surface area (Å²) in [5.41, 5.74) is 1.99. The summed E-state index contributed by atoms with van der Waals surface area (Å²) < 4.78 is 13.9. The minimum absolute atomic E-state index is 0.0358. The van der Waals surface area contributed by atoms with Gasteiger partial charge >= 0.3 is 0 Å². The molecule has 1 amide bonds. The van der Waals surface area contributed by atoms with Crippen molar-refractivity contribution in [3.63, 3.8) is 0 Å². The summed E-state index contributed by atoms with van der Waals surface area (Å²) in [5, 5.41) is 8.90. The van der Waals surface area contributed by atoms with E-state index in [2.05, 4.69) is 20.1 Å². The molecular weight excluding hydrogens is 393 g/mol. The first-order valence-corrected chi connectivity index (χ1v) is 9.69. The Hall–Kier alpha value is -3.06. The summed E-state index contributed by atoms with van der Waals surface area (Å²) in [4.78, 5) is 20.4. The third kappa shape index (κ3) is 4.35. The van der Waals surface area contributed by atoms with E-state index in [1.807, 2.05) is 24.3 Å². The van der Waals surface area contributed by atoms with Crippen LogP contribution in [0.4, 0.5) is 10.2 Å². The number of carbonyl (C=O) groups excluding carboxylic acids is 1. The normalized spacial score (nSPS) is 14.1. The number of piperazine rings is 1. The summed E-state index contributed by atoms with van der Waals surface area (Å²) in [5.74, 6) is 0.192. The lowest BCUT2D eigenvalue weighted by atomic mass is 10.1. The first-order chi connectivity index (χ1) is 14.1. The predicted octanol–water partition coefficient (Wildman–Crippen LogP) is 3.22. The van der Waals surface area contributed by atoms with Crippen LogP contribution in [0.3, 0.4) is 0 Å². The van der Waals surface area contributed by atoms with E-state index in [4.69, 9.17) is 11.6 Å². The van der Waals surface area contributed by atoms with Crippen LogP contribution in [0.2, 0.25) is 5.02 Å². The molecular formula is C21H19ClFN5O. The Balaban J connectivity index is 1.36. The van der Waals surface area contributed by atoms with Crippen LogP contribution in [0, 0.1) is 5.82 Å². The largest absolute Gasteiger partial charge is 0.352 e. The van der Waals surface area contributed by atoms with Crippen molar-refractivity contribution >= 4 is 23.3 Å². The number of nitrogens with zero attached hydrogens (tertiary/aromatic N) is 5. The fraction of sp³-hybridized carbons (Fsp3) is 0.238. The molecule has 1 aliphatic rings. The topological polar surface area (TPSA) is 62.2 Å². The first-order valence-electron chi connectivity index (χ1n) is 9.31. The molecule has 6 nitrogen and oxygen atoms in total. The number of pyridine rings is 1. The van der Waals surface area contributed by atoms with Gasteiger partial charge < -0.3 is 9.80 Å². The van der Waals surface area contributed by atoms with Crippen LogP contribution in [-0.4, -0.2) is 52.2 Å². The van der Waals surface area contributed by atoms with Crippen LogP contribution in [0.1, 0.15) is 5.56 Å². The Morgan fingerprint density at radius 2 is 1.76 bits per heavy atom. The van der Waals surface area contributed by atoms with E-state index in [0.29, 0.717) is 26.2 Å². The van der Waals surface area contributed by atoms with E-state index < -0.39 is 5.82 Å². The van der Waals surface area contributed by atoms with Gasteiger partial charge in [0.15, 0.2) is 5.82 Å². The Morgan fingerprint density at radius 1 is 1.00 bits per heavy atom. The molecule has 1 fully saturated rings. The highest BCUT2D eigenvalue weighted by Crippen LogP contribution is 2.22. The summed E-state index contributed by atoms with van der Waals surface area (Å²) in [6.07, 6.45) is 3.40. The number of anilines is 1. The lowest BCUT2D eigenvalue weighted by molar-refractivity contribution is -0.130. The summed E-state index contributed by atoms with van der Waals surface area (Å²) in [6.45, 7) is 2.36. The van der Waals surface area contributed by atoms with Crippen LogP contribution in [0.5, 0.6) is 0 Å². The van der Waals surface area contributed by atoms with E-state index >= 15 is 0 Å². The number of amides is 1. The van der Waals surface area contributed by atoms with Crippen molar-refractivity contribution < 1.29 is 9.18 Å². The van der Waals surface area contributed by atoms with Crippen LogP contribution in [-0.2, 0) is 11.2 Å². The zero-order chi connectivity index (χ0) is 20.2. The number of aromatic nitrogens is 3. The fourth-order valence-corrected chi connectivity index (χ4v) is 3.55. The molecule has 2 aromatic heterocycles. The number of carbonyl (C=O) groups is 1. The molecule has 1 aliphatic heterocycles. The Kier molecular flexibility index (Phi) is 5.67. The maximum absolute atomic E-state index is 13.9. The number of hydrogen-bond donors (Lipinski definition) is 0. The first kappa shape index (κ1) is 19.3. The molecule has 0 radical (unpaired) electrons. The second kappa shape index (κ2) is 8.53. The average molecular weight is 412 g/mol. The SMILES string of the molecule is O=C(Cc1c(F)cccc1Cl)N1CCN(c2ccc(-c3ccncc3)nn2)CC1. The van der Waals surface area contributed by atoms with E-state index in [9.17, 15) is 9.18 Å². The Labute approximate surface area is 173 Å². The van der Waals surface area contributed by atoms with Crippen molar-refractivity contribution in [3.05, 3.63) is 71.3 Å². The molecule has 0 aliphatic carbocycles. The number of hydrogen-bond acceptors (Lipinski definition) is 5. The molecule has 0 N–H and O–H groups in total. The zero-order valence-electron chi connectivity index (χ0n) is 15.6. The van der Waals surface area contributed by atoms with Gasteiger partial charge in [0, 0.05) is 54.7 Å². The fourth-order valence-electron chi connectivity index (χ4n) is 3.32. The maximum Gasteiger partial charge on any atom is 0.227 e. The van der Waals surface area contributed by atoms with Gasteiger partial charge in [0.05, 0.1) is 12.1 Å². The van der Waals surface area contributed by atoms with Crippen molar-refractivity contribution in [1.82, 2.24) is 20.1 Å². The number of benzene rings is 1. The number of rotatable bonds is 4. The molecule has 8 heteroatoms. The standard InChI is InChI=1S/C21H19ClFN5O/c22-17-2-1-3-18(23)16(17)14-21(29)28-12-10-27(11-13-28)20-5-4-19(25-26-20)15-6-8-24-9-7-15/h1-9H,10-14H2. The van der Waals surface area contributed by atoms with Crippen LogP contribution >= 0.6 is 11.6 Å². The summed E-state index contributed by atoms with van der Waals surface area (Å²) in [6, 6.07) is 12.1. The molecule has 3 aromatic rings. The molecule has 29 heavy (non-hydrogen) atoms. The van der Waals surface area contributed by atoms with E-state index in [0.717, 1.165) is 17.1 Å². The van der Waals surface area contributed by atoms with Gasteiger partial charge in [0.25, 0.3) is 0 Å². The third-order valence-corrected chi connectivity index (χ3v) is 5.33. The Bertz CT molecular complexity index is 971. The third-order valence-electron chi connectivity index (χ3n) is 4.97. The number of halogens is 2. The smallest absolute Gasteiger partial charge is 0.227 e. The molecule has 4 rings (SSSR count).